The maximum Gasteiger partial charge on any atom is 0.410 e. The van der Waals surface area contributed by atoms with Crippen LogP contribution in [0.15, 0.2) is 47.5 Å². The number of piperidine rings is 1. The minimum Gasteiger partial charge on any atom is -0.490 e. The third-order valence-electron chi connectivity index (χ3n) is 8.73. The minimum atomic E-state index is -0.837. The van der Waals surface area contributed by atoms with E-state index in [9.17, 15) is 20.0 Å². The van der Waals surface area contributed by atoms with Gasteiger partial charge in [0.15, 0.2) is 5.75 Å². The molecule has 2 fully saturated rings. The summed E-state index contributed by atoms with van der Waals surface area (Å²) >= 11 is 0. The predicted octanol–water partition coefficient (Wildman–Crippen LogP) is 3.76. The first kappa shape index (κ1) is 29.0. The van der Waals surface area contributed by atoms with E-state index in [2.05, 4.69) is 0 Å². The van der Waals surface area contributed by atoms with E-state index in [1.54, 1.807) is 11.0 Å². The first-order chi connectivity index (χ1) is 19.8. The van der Waals surface area contributed by atoms with Crippen molar-refractivity contribution in [1.29, 1.82) is 0 Å². The lowest BCUT2D eigenvalue weighted by Crippen LogP contribution is -2.41. The molecule has 41 heavy (non-hydrogen) atoms. The van der Waals surface area contributed by atoms with Gasteiger partial charge in [0, 0.05) is 37.0 Å². The smallest absolute Gasteiger partial charge is 0.410 e. The average Bonchev–Trinajstić information content (AvgIpc) is 3.41. The molecule has 0 radical (unpaired) electrons. The van der Waals surface area contributed by atoms with Gasteiger partial charge in [-0.3, -0.25) is 15.1 Å². The molecule has 2 aromatic carbocycles. The summed E-state index contributed by atoms with van der Waals surface area (Å²) in [5.74, 6) is 0.986. The van der Waals surface area contributed by atoms with Crippen LogP contribution in [-0.4, -0.2) is 66.1 Å². The van der Waals surface area contributed by atoms with E-state index >= 15 is 0 Å². The summed E-state index contributed by atoms with van der Waals surface area (Å²) in [6, 6.07) is 12.8. The largest absolute Gasteiger partial charge is 0.490 e. The van der Waals surface area contributed by atoms with E-state index in [0.717, 1.165) is 48.2 Å². The molecule has 0 aromatic heterocycles. The number of ether oxygens (including phenoxy) is 3. The molecular formula is C31H39N3O7. The molecule has 10 heteroatoms. The Morgan fingerprint density at radius 2 is 1.88 bits per heavy atom. The second-order valence-electron chi connectivity index (χ2n) is 11.5. The van der Waals surface area contributed by atoms with E-state index < -0.39 is 10.5 Å². The van der Waals surface area contributed by atoms with Crippen molar-refractivity contribution in [3.63, 3.8) is 0 Å². The van der Waals surface area contributed by atoms with Gasteiger partial charge in [-0.2, -0.15) is 0 Å². The Labute approximate surface area is 239 Å². The molecule has 5 rings (SSSR count). The lowest BCUT2D eigenvalue weighted by atomic mass is 9.76. The van der Waals surface area contributed by atoms with Crippen molar-refractivity contribution in [2.45, 2.75) is 63.2 Å². The predicted molar refractivity (Wildman–Crippen MR) is 152 cm³/mol. The molecule has 1 atom stereocenters. The number of hydrogen-bond donors (Lipinski definition) is 1. The highest BCUT2D eigenvalue weighted by atomic mass is 16.6. The number of aliphatic hydroxyl groups is 1. The first-order valence-corrected chi connectivity index (χ1v) is 14.5. The van der Waals surface area contributed by atoms with E-state index in [4.69, 9.17) is 19.2 Å². The summed E-state index contributed by atoms with van der Waals surface area (Å²) in [7, 11) is 1.42. The molecule has 1 saturated heterocycles. The molecular weight excluding hydrogens is 526 g/mol. The zero-order chi connectivity index (χ0) is 28.8. The van der Waals surface area contributed by atoms with Gasteiger partial charge in [0.2, 0.25) is 0 Å². The van der Waals surface area contributed by atoms with E-state index in [0.29, 0.717) is 51.7 Å². The number of hydrogen-bond acceptors (Lipinski definition) is 8. The highest BCUT2D eigenvalue weighted by Crippen LogP contribution is 2.36. The van der Waals surface area contributed by atoms with Gasteiger partial charge in [-0.05, 0) is 62.3 Å². The maximum absolute atomic E-state index is 12.4. The maximum atomic E-state index is 12.4. The number of carbonyl (C=O) groups excluding carboxylic acids is 1. The monoisotopic (exact) mass is 565 g/mol. The standard InChI is InChI=1S/C31H39N3O7/c1-39-29-19-27-25(18-28(29)34(37)38)17-26(32-27)24-7-12-31(36,13-8-24)21-40-16-11-22-9-14-33(15-10-22)30(35)41-20-23-5-3-2-4-6-23/h2-6,17-19,22,24,26,36H,7-16,20-21H2,1H3. The number of fused-ring (bicyclic) bond motifs is 1. The Morgan fingerprint density at radius 3 is 2.56 bits per heavy atom. The molecule has 1 unspecified atom stereocenters. The average molecular weight is 566 g/mol. The summed E-state index contributed by atoms with van der Waals surface area (Å²) in [5.41, 5.74) is 0.0887. The zero-order valence-electron chi connectivity index (χ0n) is 23.6. The molecule has 2 aliphatic heterocycles. The third kappa shape index (κ3) is 7.23. The molecule has 2 aromatic rings. The van der Waals surface area contributed by atoms with Crippen LogP contribution in [0.1, 0.15) is 50.5 Å². The molecule has 1 amide bonds. The Morgan fingerprint density at radius 1 is 1.15 bits per heavy atom. The van der Waals surface area contributed by atoms with Crippen molar-refractivity contribution in [1.82, 2.24) is 4.90 Å². The van der Waals surface area contributed by atoms with Crippen LogP contribution in [0.4, 0.5) is 10.5 Å². The summed E-state index contributed by atoms with van der Waals surface area (Å²) < 4.78 is 16.6. The van der Waals surface area contributed by atoms with Crippen LogP contribution in [0.25, 0.3) is 6.08 Å². The fourth-order valence-electron chi connectivity index (χ4n) is 6.14. The van der Waals surface area contributed by atoms with Gasteiger partial charge in [-0.25, -0.2) is 4.79 Å². The number of nitro groups is 1. The Balaban J connectivity index is 0.999. The van der Waals surface area contributed by atoms with Gasteiger partial charge in [-0.1, -0.05) is 36.4 Å². The highest BCUT2D eigenvalue weighted by Gasteiger charge is 2.36. The van der Waals surface area contributed by atoms with E-state index in [1.165, 1.54) is 13.2 Å². The first-order valence-electron chi connectivity index (χ1n) is 14.5. The van der Waals surface area contributed by atoms with Crippen LogP contribution in [0, 0.1) is 22.0 Å². The molecule has 220 valence electrons. The van der Waals surface area contributed by atoms with Crippen molar-refractivity contribution in [2.24, 2.45) is 16.8 Å². The minimum absolute atomic E-state index is 0.0522. The van der Waals surface area contributed by atoms with Crippen LogP contribution < -0.4 is 15.3 Å². The number of nitro benzene ring substituents is 1. The number of methoxy groups -OCH3 is 1. The second-order valence-corrected chi connectivity index (χ2v) is 11.5. The Hall–Kier alpha value is -3.50. The number of benzene rings is 2. The van der Waals surface area contributed by atoms with Crippen LogP contribution in [0.3, 0.4) is 0 Å². The van der Waals surface area contributed by atoms with E-state index in [1.807, 2.05) is 36.4 Å². The second kappa shape index (κ2) is 13.0. The molecule has 1 N–H and O–H groups in total. The Bertz CT molecular complexity index is 1330. The van der Waals surface area contributed by atoms with Crippen molar-refractivity contribution in [3.05, 3.63) is 68.7 Å². The Kier molecular flexibility index (Phi) is 9.19. The summed E-state index contributed by atoms with van der Waals surface area (Å²) in [6.07, 6.45) is 7.42. The fourth-order valence-corrected chi connectivity index (χ4v) is 6.14. The normalized spacial score (nSPS) is 24.2. The summed E-state index contributed by atoms with van der Waals surface area (Å²) in [4.78, 5) is 29.9. The molecule has 1 aliphatic carbocycles. The van der Waals surface area contributed by atoms with Crippen LogP contribution in [-0.2, 0) is 16.1 Å². The third-order valence-corrected chi connectivity index (χ3v) is 8.73. The van der Waals surface area contributed by atoms with Gasteiger partial charge in [0.05, 0.1) is 35.6 Å². The highest BCUT2D eigenvalue weighted by molar-refractivity contribution is 5.67. The van der Waals surface area contributed by atoms with Gasteiger partial charge in [0.1, 0.15) is 6.61 Å². The molecule has 3 aliphatic rings. The SMILES string of the molecule is COc1cc2c(cc1[N+](=O)[O-])=CC(C1CCC(O)(COCCC3CCN(C(=O)OCc4ccccc4)CC3)CC1)N=2. The lowest BCUT2D eigenvalue weighted by Gasteiger charge is -2.37. The summed E-state index contributed by atoms with van der Waals surface area (Å²) in [6.45, 7) is 2.59. The fraction of sp³-hybridized carbons (Fsp3) is 0.548. The number of nitrogens with zero attached hydrogens (tertiary/aromatic N) is 3. The van der Waals surface area contributed by atoms with Gasteiger partial charge < -0.3 is 24.2 Å². The van der Waals surface area contributed by atoms with Crippen molar-refractivity contribution in [2.75, 3.05) is 33.4 Å². The van der Waals surface area contributed by atoms with Crippen LogP contribution in [0.5, 0.6) is 5.75 Å². The molecule has 0 bridgehead atoms. The van der Waals surface area contributed by atoms with Crippen LogP contribution in [0.2, 0.25) is 0 Å². The van der Waals surface area contributed by atoms with Gasteiger partial charge in [0.25, 0.3) is 0 Å². The van der Waals surface area contributed by atoms with Crippen molar-refractivity contribution >= 4 is 17.9 Å². The molecule has 10 nitrogen and oxygen atoms in total. The topological polar surface area (TPSA) is 124 Å². The molecule has 0 spiro atoms. The van der Waals surface area contributed by atoms with Crippen molar-refractivity contribution < 1.29 is 29.0 Å². The number of carbonyl (C=O) groups is 1. The zero-order valence-corrected chi connectivity index (χ0v) is 23.6. The summed E-state index contributed by atoms with van der Waals surface area (Å²) in [5, 5.41) is 24.0. The van der Waals surface area contributed by atoms with E-state index in [-0.39, 0.29) is 29.5 Å². The number of amides is 1. The van der Waals surface area contributed by atoms with Gasteiger partial charge in [-0.15, -0.1) is 0 Å². The van der Waals surface area contributed by atoms with Crippen molar-refractivity contribution in [3.8, 4) is 5.75 Å². The molecule has 1 saturated carbocycles. The molecule has 2 heterocycles. The quantitative estimate of drug-likeness (QED) is 0.264. The number of rotatable bonds is 10. The van der Waals surface area contributed by atoms with Gasteiger partial charge >= 0.3 is 11.8 Å². The number of likely N-dealkylation sites (tertiary alicyclic amines) is 1. The van der Waals surface area contributed by atoms with Crippen LogP contribution >= 0.6 is 0 Å². The lowest BCUT2D eigenvalue weighted by molar-refractivity contribution is -0.385.